The van der Waals surface area contributed by atoms with Crippen LogP contribution in [-0.4, -0.2) is 0 Å². The van der Waals surface area contributed by atoms with Crippen molar-refractivity contribution in [3.63, 3.8) is 0 Å². The van der Waals surface area contributed by atoms with E-state index in [-0.39, 0.29) is 0 Å². The third-order valence-electron chi connectivity index (χ3n) is 4.12. The van der Waals surface area contributed by atoms with Crippen molar-refractivity contribution in [1.29, 1.82) is 5.26 Å². The van der Waals surface area contributed by atoms with E-state index in [1.54, 1.807) is 12.1 Å². The number of hydrogen-bond donors (Lipinski definition) is 0. The van der Waals surface area contributed by atoms with Crippen LogP contribution in [0.3, 0.4) is 0 Å². The van der Waals surface area contributed by atoms with Crippen LogP contribution in [0.5, 0.6) is 0 Å². The van der Waals surface area contributed by atoms with Crippen molar-refractivity contribution in [3.05, 3.63) is 78.4 Å². The zero-order valence-corrected chi connectivity index (χ0v) is 12.6. The van der Waals surface area contributed by atoms with E-state index >= 15 is 0 Å². The van der Waals surface area contributed by atoms with Gasteiger partial charge in [-0.3, -0.25) is 0 Å². The van der Waals surface area contributed by atoms with E-state index in [9.17, 15) is 9.83 Å². The highest BCUT2D eigenvalue weighted by atomic mass is 31.2. The predicted octanol–water partition coefficient (Wildman–Crippen LogP) is 3.18. The molecule has 0 aliphatic carbocycles. The molecule has 1 aliphatic rings. The van der Waals surface area contributed by atoms with Crippen molar-refractivity contribution in [2.45, 2.75) is 0 Å². The maximum Gasteiger partial charge on any atom is 0.172 e. The Labute approximate surface area is 129 Å². The Hall–Kier alpha value is -2.62. The summed E-state index contributed by atoms with van der Waals surface area (Å²) in [6.45, 7) is 0. The molecule has 0 amide bonds. The van der Waals surface area contributed by atoms with E-state index in [1.165, 1.54) is 0 Å². The second-order valence-corrected chi connectivity index (χ2v) is 8.00. The Morgan fingerprint density at radius 1 is 0.773 bits per heavy atom. The number of benzene rings is 3. The first-order valence-corrected chi connectivity index (χ1v) is 8.76. The summed E-state index contributed by atoms with van der Waals surface area (Å²) in [6.07, 6.45) is 0. The average Bonchev–Trinajstić information content (AvgIpc) is 2.86. The minimum atomic E-state index is -2.89. The molecule has 0 radical (unpaired) electrons. The molecule has 3 aromatic rings. The molecular weight excluding hydrogens is 289 g/mol. The van der Waals surface area contributed by atoms with Crippen molar-refractivity contribution >= 4 is 23.1 Å². The van der Waals surface area contributed by atoms with Gasteiger partial charge in [0.1, 0.15) is 0 Å². The van der Waals surface area contributed by atoms with E-state index in [1.807, 2.05) is 60.7 Å². The molecular formula is C19H12NOP. The average molecular weight is 301 g/mol. The topological polar surface area (TPSA) is 40.9 Å². The molecule has 0 N–H and O–H groups in total. The molecule has 3 aromatic carbocycles. The van der Waals surface area contributed by atoms with Crippen LogP contribution < -0.4 is 15.9 Å². The molecule has 1 unspecified atom stereocenters. The van der Waals surface area contributed by atoms with Gasteiger partial charge in [-0.05, 0) is 23.3 Å². The van der Waals surface area contributed by atoms with Gasteiger partial charge in [0.25, 0.3) is 0 Å². The second-order valence-electron chi connectivity index (χ2n) is 5.31. The van der Waals surface area contributed by atoms with Crippen LogP contribution >= 0.6 is 7.14 Å². The van der Waals surface area contributed by atoms with Gasteiger partial charge in [-0.2, -0.15) is 5.26 Å². The lowest BCUT2D eigenvalue weighted by atomic mass is 10.0. The molecule has 0 spiro atoms. The SMILES string of the molecule is N#Cc1ccc2c(c1)P(=O)(c1ccccc1)c1ccccc1-2. The summed E-state index contributed by atoms with van der Waals surface area (Å²) in [5.41, 5.74) is 2.53. The smallest absolute Gasteiger partial charge is 0.172 e. The van der Waals surface area contributed by atoms with Crippen LogP contribution in [0.2, 0.25) is 0 Å². The fourth-order valence-electron chi connectivity index (χ4n) is 3.11. The molecule has 22 heavy (non-hydrogen) atoms. The summed E-state index contributed by atoms with van der Waals surface area (Å²) in [5, 5.41) is 11.6. The maximum absolute atomic E-state index is 14.0. The normalized spacial score (nSPS) is 18.3. The molecule has 3 heteroatoms. The number of nitrogens with zero attached hydrogens (tertiary/aromatic N) is 1. The minimum absolute atomic E-state index is 0.544. The number of hydrogen-bond acceptors (Lipinski definition) is 2. The van der Waals surface area contributed by atoms with Gasteiger partial charge in [0.2, 0.25) is 0 Å². The van der Waals surface area contributed by atoms with E-state index in [0.29, 0.717) is 5.56 Å². The van der Waals surface area contributed by atoms with E-state index in [0.717, 1.165) is 27.0 Å². The molecule has 2 nitrogen and oxygen atoms in total. The molecule has 0 aromatic heterocycles. The van der Waals surface area contributed by atoms with Gasteiger partial charge < -0.3 is 4.57 Å². The highest BCUT2D eigenvalue weighted by Crippen LogP contribution is 2.52. The van der Waals surface area contributed by atoms with Crippen LogP contribution in [-0.2, 0) is 4.57 Å². The molecule has 0 bridgehead atoms. The zero-order valence-electron chi connectivity index (χ0n) is 11.7. The quantitative estimate of drug-likeness (QED) is 0.507. The summed E-state index contributed by atoms with van der Waals surface area (Å²) in [7, 11) is -2.89. The Morgan fingerprint density at radius 2 is 1.45 bits per heavy atom. The molecule has 1 heterocycles. The monoisotopic (exact) mass is 301 g/mol. The number of fused-ring (bicyclic) bond motifs is 3. The van der Waals surface area contributed by atoms with Gasteiger partial charge in [-0.25, -0.2) is 0 Å². The maximum atomic E-state index is 14.0. The Bertz CT molecular complexity index is 970. The van der Waals surface area contributed by atoms with E-state index in [2.05, 4.69) is 6.07 Å². The highest BCUT2D eigenvalue weighted by molar-refractivity contribution is 7.86. The van der Waals surface area contributed by atoms with Gasteiger partial charge in [0.05, 0.1) is 11.6 Å². The standard InChI is InChI=1S/C19H12NOP/c20-13-14-10-11-17-16-8-4-5-9-18(16)22(21,19(17)12-14)15-6-2-1-3-7-15/h1-12H. The van der Waals surface area contributed by atoms with Crippen molar-refractivity contribution < 1.29 is 4.57 Å². The highest BCUT2D eigenvalue weighted by Gasteiger charge is 2.39. The number of rotatable bonds is 1. The molecule has 4 rings (SSSR count). The lowest BCUT2D eigenvalue weighted by Crippen LogP contribution is -2.20. The van der Waals surface area contributed by atoms with Crippen molar-refractivity contribution in [1.82, 2.24) is 0 Å². The first kappa shape index (κ1) is 13.1. The van der Waals surface area contributed by atoms with Gasteiger partial charge in [-0.1, -0.05) is 60.7 Å². The lowest BCUT2D eigenvalue weighted by molar-refractivity contribution is 0.593. The Balaban J connectivity index is 2.13. The van der Waals surface area contributed by atoms with Gasteiger partial charge in [0.15, 0.2) is 7.14 Å². The van der Waals surface area contributed by atoms with E-state index < -0.39 is 7.14 Å². The van der Waals surface area contributed by atoms with Gasteiger partial charge in [0, 0.05) is 15.9 Å². The molecule has 0 saturated carbocycles. The zero-order chi connectivity index (χ0) is 15.2. The van der Waals surface area contributed by atoms with Gasteiger partial charge in [-0.15, -0.1) is 0 Å². The molecule has 0 fully saturated rings. The second kappa shape index (κ2) is 4.70. The number of nitriles is 1. The fourth-order valence-corrected chi connectivity index (χ4v) is 6.20. The summed E-state index contributed by atoms with van der Waals surface area (Å²) >= 11 is 0. The van der Waals surface area contributed by atoms with Crippen LogP contribution in [0, 0.1) is 11.3 Å². The van der Waals surface area contributed by atoms with Crippen molar-refractivity contribution in [2.24, 2.45) is 0 Å². The van der Waals surface area contributed by atoms with Crippen molar-refractivity contribution in [3.8, 4) is 17.2 Å². The predicted molar refractivity (Wildman–Crippen MR) is 89.5 cm³/mol. The van der Waals surface area contributed by atoms with Crippen LogP contribution in [0.4, 0.5) is 0 Å². The first-order chi connectivity index (χ1) is 10.7. The fraction of sp³-hybridized carbons (Fsp3) is 0. The summed E-state index contributed by atoms with van der Waals surface area (Å²) < 4.78 is 14.0. The minimum Gasteiger partial charge on any atom is -0.309 e. The largest absolute Gasteiger partial charge is 0.309 e. The first-order valence-electron chi connectivity index (χ1n) is 7.05. The third-order valence-corrected chi connectivity index (χ3v) is 7.26. The Kier molecular flexibility index (Phi) is 2.79. The Morgan fingerprint density at radius 3 is 2.23 bits per heavy atom. The van der Waals surface area contributed by atoms with Crippen LogP contribution in [0.1, 0.15) is 5.56 Å². The van der Waals surface area contributed by atoms with E-state index in [4.69, 9.17) is 0 Å². The summed E-state index contributed by atoms with van der Waals surface area (Å²) in [4.78, 5) is 0. The van der Waals surface area contributed by atoms with Crippen LogP contribution in [0.15, 0.2) is 72.8 Å². The molecule has 0 saturated heterocycles. The summed E-state index contributed by atoms with van der Waals surface area (Å²) in [6, 6.07) is 25.0. The van der Waals surface area contributed by atoms with Gasteiger partial charge >= 0.3 is 0 Å². The summed E-state index contributed by atoms with van der Waals surface area (Å²) in [5.74, 6) is 0. The van der Waals surface area contributed by atoms with Crippen molar-refractivity contribution in [2.75, 3.05) is 0 Å². The third kappa shape index (κ3) is 1.64. The lowest BCUT2D eigenvalue weighted by Gasteiger charge is -2.15. The molecule has 1 atom stereocenters. The molecule has 104 valence electrons. The molecule has 1 aliphatic heterocycles. The van der Waals surface area contributed by atoms with Crippen LogP contribution in [0.25, 0.3) is 11.1 Å².